The van der Waals surface area contributed by atoms with Crippen LogP contribution in [-0.4, -0.2) is 90.3 Å². The largest absolute Gasteiger partial charge is 0.352 e. The molecule has 1 N–H and O–H groups in total. The van der Waals surface area contributed by atoms with Gasteiger partial charge in [-0.3, -0.25) is 19.4 Å². The van der Waals surface area contributed by atoms with Gasteiger partial charge in [-0.15, -0.1) is 0 Å². The van der Waals surface area contributed by atoms with E-state index in [9.17, 15) is 14.4 Å². The van der Waals surface area contributed by atoms with Crippen molar-refractivity contribution in [3.05, 3.63) is 53.7 Å². The lowest BCUT2D eigenvalue weighted by molar-refractivity contribution is -0.127. The van der Waals surface area contributed by atoms with Crippen molar-refractivity contribution in [1.29, 1.82) is 0 Å². The zero-order valence-corrected chi connectivity index (χ0v) is 19.1. The number of likely N-dealkylation sites (tertiary alicyclic amines) is 1. The first kappa shape index (κ1) is 22.9. The van der Waals surface area contributed by atoms with E-state index in [4.69, 9.17) is 0 Å². The van der Waals surface area contributed by atoms with E-state index >= 15 is 0 Å². The number of nitrogens with zero attached hydrogens (tertiary/aromatic N) is 4. The first-order chi connectivity index (χ1) is 16.0. The Bertz CT molecular complexity index is 999. The summed E-state index contributed by atoms with van der Waals surface area (Å²) in [5.41, 5.74) is 2.74. The Kier molecular flexibility index (Phi) is 7.34. The van der Waals surface area contributed by atoms with Crippen LogP contribution in [0.4, 0.5) is 0 Å². The van der Waals surface area contributed by atoms with Crippen LogP contribution in [0.15, 0.2) is 42.6 Å². The highest BCUT2D eigenvalue weighted by molar-refractivity contribution is 5.96. The smallest absolute Gasteiger partial charge is 0.253 e. The van der Waals surface area contributed by atoms with Gasteiger partial charge in [0.2, 0.25) is 5.91 Å². The van der Waals surface area contributed by atoms with E-state index in [1.54, 1.807) is 18.3 Å². The number of amides is 3. The quantitative estimate of drug-likeness (QED) is 0.653. The zero-order chi connectivity index (χ0) is 23.2. The molecule has 0 unspecified atom stereocenters. The highest BCUT2D eigenvalue weighted by Crippen LogP contribution is 2.20. The van der Waals surface area contributed by atoms with E-state index in [1.165, 1.54) is 0 Å². The van der Waals surface area contributed by atoms with Gasteiger partial charge in [0.1, 0.15) is 0 Å². The number of nitrogens with one attached hydrogen (secondary N) is 1. The number of pyridine rings is 1. The lowest BCUT2D eigenvalue weighted by Crippen LogP contribution is -2.47. The molecule has 3 amide bonds. The average Bonchev–Trinajstić information content (AvgIpc) is 3.26. The van der Waals surface area contributed by atoms with Gasteiger partial charge in [0.25, 0.3) is 11.8 Å². The molecule has 8 heteroatoms. The molecule has 4 rings (SSSR count). The van der Waals surface area contributed by atoms with Crippen molar-refractivity contribution in [2.45, 2.75) is 19.3 Å². The number of piperazine rings is 1. The molecule has 1 aromatic heterocycles. The van der Waals surface area contributed by atoms with Crippen LogP contribution in [0, 0.1) is 0 Å². The van der Waals surface area contributed by atoms with Gasteiger partial charge in [-0.05, 0) is 44.2 Å². The third-order valence-corrected chi connectivity index (χ3v) is 6.30. The first-order valence-corrected chi connectivity index (χ1v) is 11.6. The summed E-state index contributed by atoms with van der Waals surface area (Å²) in [4.78, 5) is 47.3. The van der Waals surface area contributed by atoms with Crippen LogP contribution in [0.1, 0.15) is 40.0 Å². The third kappa shape index (κ3) is 5.76. The highest BCUT2D eigenvalue weighted by atomic mass is 16.2. The van der Waals surface area contributed by atoms with Crippen LogP contribution in [0.2, 0.25) is 0 Å². The van der Waals surface area contributed by atoms with Gasteiger partial charge < -0.3 is 20.0 Å². The highest BCUT2D eigenvalue weighted by Gasteiger charge is 2.21. The van der Waals surface area contributed by atoms with Gasteiger partial charge in [0, 0.05) is 75.1 Å². The Morgan fingerprint density at radius 1 is 1.00 bits per heavy atom. The molecule has 3 heterocycles. The second-order valence-electron chi connectivity index (χ2n) is 8.70. The van der Waals surface area contributed by atoms with Crippen LogP contribution in [0.5, 0.6) is 0 Å². The topological polar surface area (TPSA) is 85.9 Å². The fraction of sp³-hybridized carbons (Fsp3) is 0.440. The summed E-state index contributed by atoms with van der Waals surface area (Å²) in [5, 5.41) is 2.92. The molecule has 0 radical (unpaired) electrons. The minimum Gasteiger partial charge on any atom is -0.352 e. The third-order valence-electron chi connectivity index (χ3n) is 6.30. The minimum atomic E-state index is -0.159. The molecule has 0 saturated carbocycles. The summed E-state index contributed by atoms with van der Waals surface area (Å²) in [6, 6.07) is 10.8. The predicted octanol–water partition coefficient (Wildman–Crippen LogP) is 1.88. The maximum Gasteiger partial charge on any atom is 0.253 e. The molecule has 0 bridgehead atoms. The summed E-state index contributed by atoms with van der Waals surface area (Å²) in [6.07, 6.45) is 3.92. The van der Waals surface area contributed by atoms with Gasteiger partial charge in [0.05, 0.1) is 5.69 Å². The fourth-order valence-corrected chi connectivity index (χ4v) is 4.22. The number of hydrogen-bond donors (Lipinski definition) is 1. The Balaban J connectivity index is 1.32. The van der Waals surface area contributed by atoms with E-state index in [1.807, 2.05) is 34.1 Å². The standard InChI is InChI=1S/C25H31N5O3/c1-28-14-16-30(17-15-28)25(33)20-7-5-19(6-8-20)22-18-21(9-11-26-22)24(32)27-10-3-13-29-12-2-4-23(29)31/h5-9,11,18H,2-4,10,12-17H2,1H3,(H,27,32). The van der Waals surface area contributed by atoms with E-state index in [2.05, 4.69) is 22.2 Å². The molecular formula is C25H31N5O3. The second kappa shape index (κ2) is 10.6. The SMILES string of the molecule is CN1CCN(C(=O)c2ccc(-c3cc(C(=O)NCCCN4CCCC4=O)ccn3)cc2)CC1. The van der Waals surface area contributed by atoms with Crippen molar-refractivity contribution in [2.24, 2.45) is 0 Å². The number of rotatable bonds is 7. The molecule has 174 valence electrons. The van der Waals surface area contributed by atoms with Crippen LogP contribution in [0.25, 0.3) is 11.3 Å². The van der Waals surface area contributed by atoms with Crippen molar-refractivity contribution in [2.75, 3.05) is 52.9 Å². The summed E-state index contributed by atoms with van der Waals surface area (Å²) >= 11 is 0. The second-order valence-corrected chi connectivity index (χ2v) is 8.70. The normalized spacial score (nSPS) is 16.8. The first-order valence-electron chi connectivity index (χ1n) is 11.6. The van der Waals surface area contributed by atoms with Crippen molar-refractivity contribution in [1.82, 2.24) is 25.0 Å². The number of carbonyl (C=O) groups is 3. The lowest BCUT2D eigenvalue weighted by atomic mass is 10.1. The van der Waals surface area contributed by atoms with Crippen molar-refractivity contribution in [3.63, 3.8) is 0 Å². The monoisotopic (exact) mass is 449 g/mol. The number of benzene rings is 1. The van der Waals surface area contributed by atoms with E-state index < -0.39 is 0 Å². The van der Waals surface area contributed by atoms with E-state index in [0.717, 1.165) is 51.1 Å². The molecule has 33 heavy (non-hydrogen) atoms. The molecule has 2 saturated heterocycles. The van der Waals surface area contributed by atoms with Crippen LogP contribution in [-0.2, 0) is 4.79 Å². The fourth-order valence-electron chi connectivity index (χ4n) is 4.22. The molecule has 2 aliphatic heterocycles. The number of carbonyl (C=O) groups excluding carboxylic acids is 3. The summed E-state index contributed by atoms with van der Waals surface area (Å²) in [7, 11) is 2.06. The summed E-state index contributed by atoms with van der Waals surface area (Å²) in [6.45, 7) is 5.27. The van der Waals surface area contributed by atoms with Gasteiger partial charge in [-0.1, -0.05) is 12.1 Å². The van der Waals surface area contributed by atoms with E-state index in [0.29, 0.717) is 36.3 Å². The Labute approximate surface area is 194 Å². The molecule has 0 spiro atoms. The molecular weight excluding hydrogens is 418 g/mol. The van der Waals surface area contributed by atoms with Crippen molar-refractivity contribution < 1.29 is 14.4 Å². The van der Waals surface area contributed by atoms with Crippen molar-refractivity contribution in [3.8, 4) is 11.3 Å². The predicted molar refractivity (Wildman–Crippen MR) is 126 cm³/mol. The van der Waals surface area contributed by atoms with Gasteiger partial charge in [-0.25, -0.2) is 0 Å². The van der Waals surface area contributed by atoms with Crippen LogP contribution in [0.3, 0.4) is 0 Å². The molecule has 1 aromatic carbocycles. The summed E-state index contributed by atoms with van der Waals surface area (Å²) in [5.74, 6) is 0.0935. The lowest BCUT2D eigenvalue weighted by Gasteiger charge is -2.32. The van der Waals surface area contributed by atoms with Crippen LogP contribution >= 0.6 is 0 Å². The van der Waals surface area contributed by atoms with Gasteiger partial charge in [0.15, 0.2) is 0 Å². The molecule has 2 aliphatic rings. The number of hydrogen-bond acceptors (Lipinski definition) is 5. The number of aromatic nitrogens is 1. The Hall–Kier alpha value is -3.26. The van der Waals surface area contributed by atoms with E-state index in [-0.39, 0.29) is 17.7 Å². The maximum atomic E-state index is 12.7. The van der Waals surface area contributed by atoms with Gasteiger partial charge >= 0.3 is 0 Å². The molecule has 2 fully saturated rings. The van der Waals surface area contributed by atoms with Crippen molar-refractivity contribution >= 4 is 17.7 Å². The Morgan fingerprint density at radius 3 is 2.45 bits per heavy atom. The Morgan fingerprint density at radius 2 is 1.76 bits per heavy atom. The molecule has 8 nitrogen and oxygen atoms in total. The molecule has 2 aromatic rings. The maximum absolute atomic E-state index is 12.7. The number of likely N-dealkylation sites (N-methyl/N-ethyl adjacent to an activating group) is 1. The summed E-state index contributed by atoms with van der Waals surface area (Å²) < 4.78 is 0. The van der Waals surface area contributed by atoms with Crippen LogP contribution < -0.4 is 5.32 Å². The molecule has 0 aliphatic carbocycles. The minimum absolute atomic E-state index is 0.0476. The molecule has 0 atom stereocenters. The van der Waals surface area contributed by atoms with Gasteiger partial charge in [-0.2, -0.15) is 0 Å². The zero-order valence-electron chi connectivity index (χ0n) is 19.1. The average molecular weight is 450 g/mol.